The molecule has 0 spiro atoms. The monoisotopic (exact) mass is 345 g/mol. The molecule has 0 bridgehead atoms. The number of fused-ring (bicyclic) bond motifs is 1. The van der Waals surface area contributed by atoms with Crippen LogP contribution in [0.2, 0.25) is 0 Å². The van der Waals surface area contributed by atoms with Crippen LogP contribution in [0.5, 0.6) is 0 Å². The van der Waals surface area contributed by atoms with Gasteiger partial charge in [-0.2, -0.15) is 0 Å². The molecule has 0 N–H and O–H groups in total. The van der Waals surface area contributed by atoms with Crippen molar-refractivity contribution in [2.24, 2.45) is 0 Å². The molecule has 1 aliphatic heterocycles. The van der Waals surface area contributed by atoms with Gasteiger partial charge in [0.1, 0.15) is 0 Å². The summed E-state index contributed by atoms with van der Waals surface area (Å²) in [6.45, 7) is 1.95. The van der Waals surface area contributed by atoms with Gasteiger partial charge in [-0.1, -0.05) is 12.8 Å². The van der Waals surface area contributed by atoms with Gasteiger partial charge >= 0.3 is 0 Å². The molecule has 3 aromatic rings. The number of thiophene rings is 1. The fourth-order valence-corrected chi connectivity index (χ4v) is 3.96. The van der Waals surface area contributed by atoms with Crippen molar-refractivity contribution in [2.75, 3.05) is 18.0 Å². The SMILES string of the molecule is Fc1ccc(-c2nc(N3CCCCCC3)c3sccc3n2)cc1F. The molecule has 1 aliphatic rings. The first kappa shape index (κ1) is 15.4. The maximum atomic E-state index is 13.6. The van der Waals surface area contributed by atoms with Crippen LogP contribution in [0.25, 0.3) is 21.6 Å². The highest BCUT2D eigenvalue weighted by atomic mass is 32.1. The van der Waals surface area contributed by atoms with Gasteiger partial charge < -0.3 is 4.90 Å². The Morgan fingerprint density at radius 2 is 1.71 bits per heavy atom. The molecule has 1 aromatic carbocycles. The largest absolute Gasteiger partial charge is 0.355 e. The van der Waals surface area contributed by atoms with E-state index in [9.17, 15) is 8.78 Å². The standard InChI is InChI=1S/C18H17F2N3S/c19-13-6-5-12(11-14(13)20)17-21-15-7-10-24-16(15)18(22-17)23-8-3-1-2-4-9-23/h5-7,10-11H,1-4,8-9H2. The van der Waals surface area contributed by atoms with Crippen LogP contribution in [0.1, 0.15) is 25.7 Å². The van der Waals surface area contributed by atoms with Crippen molar-refractivity contribution in [3.8, 4) is 11.4 Å². The smallest absolute Gasteiger partial charge is 0.162 e. The molecule has 24 heavy (non-hydrogen) atoms. The highest BCUT2D eigenvalue weighted by Crippen LogP contribution is 2.32. The molecule has 6 heteroatoms. The first-order chi connectivity index (χ1) is 11.7. The summed E-state index contributed by atoms with van der Waals surface area (Å²) >= 11 is 1.62. The van der Waals surface area contributed by atoms with Crippen molar-refractivity contribution in [2.45, 2.75) is 25.7 Å². The first-order valence-electron chi connectivity index (χ1n) is 8.18. The van der Waals surface area contributed by atoms with Crippen LogP contribution in [0.15, 0.2) is 29.6 Å². The van der Waals surface area contributed by atoms with E-state index >= 15 is 0 Å². The molecule has 124 valence electrons. The molecule has 1 saturated heterocycles. The van der Waals surface area contributed by atoms with Crippen LogP contribution >= 0.6 is 11.3 Å². The Bertz CT molecular complexity index is 870. The minimum Gasteiger partial charge on any atom is -0.355 e. The minimum atomic E-state index is -0.877. The molecule has 0 unspecified atom stereocenters. The summed E-state index contributed by atoms with van der Waals surface area (Å²) in [6, 6.07) is 5.76. The zero-order chi connectivity index (χ0) is 16.5. The second-order valence-electron chi connectivity index (χ2n) is 6.04. The minimum absolute atomic E-state index is 0.444. The molecule has 2 aromatic heterocycles. The molecule has 0 amide bonds. The summed E-state index contributed by atoms with van der Waals surface area (Å²) in [5.41, 5.74) is 1.35. The first-order valence-corrected chi connectivity index (χ1v) is 9.06. The predicted molar refractivity (Wildman–Crippen MR) is 93.4 cm³/mol. The number of rotatable bonds is 2. The summed E-state index contributed by atoms with van der Waals surface area (Å²) in [4.78, 5) is 11.6. The molecule has 3 heterocycles. The van der Waals surface area contributed by atoms with Gasteiger partial charge in [0, 0.05) is 18.7 Å². The van der Waals surface area contributed by atoms with Crippen molar-refractivity contribution in [3.63, 3.8) is 0 Å². The fourth-order valence-electron chi connectivity index (χ4n) is 3.11. The second-order valence-corrected chi connectivity index (χ2v) is 6.95. The average Bonchev–Trinajstić information content (AvgIpc) is 2.90. The lowest BCUT2D eigenvalue weighted by atomic mass is 10.2. The van der Waals surface area contributed by atoms with Crippen LogP contribution in [0.4, 0.5) is 14.6 Å². The maximum absolute atomic E-state index is 13.6. The van der Waals surface area contributed by atoms with Gasteiger partial charge in [-0.15, -0.1) is 11.3 Å². The number of hydrogen-bond donors (Lipinski definition) is 0. The lowest BCUT2D eigenvalue weighted by molar-refractivity contribution is 0.509. The van der Waals surface area contributed by atoms with Crippen molar-refractivity contribution >= 4 is 27.4 Å². The average molecular weight is 345 g/mol. The van der Waals surface area contributed by atoms with E-state index in [1.807, 2.05) is 11.4 Å². The maximum Gasteiger partial charge on any atom is 0.162 e. The molecular weight excluding hydrogens is 328 g/mol. The molecule has 3 nitrogen and oxygen atoms in total. The number of anilines is 1. The van der Waals surface area contributed by atoms with E-state index in [0.717, 1.165) is 54.1 Å². The zero-order valence-electron chi connectivity index (χ0n) is 13.1. The lowest BCUT2D eigenvalue weighted by Gasteiger charge is -2.22. The van der Waals surface area contributed by atoms with Gasteiger partial charge in [-0.05, 0) is 42.5 Å². The third-order valence-electron chi connectivity index (χ3n) is 4.37. The molecular formula is C18H17F2N3S. The Morgan fingerprint density at radius 3 is 2.46 bits per heavy atom. The third kappa shape index (κ3) is 2.86. The molecule has 0 atom stereocenters. The van der Waals surface area contributed by atoms with E-state index in [-0.39, 0.29) is 0 Å². The van der Waals surface area contributed by atoms with E-state index < -0.39 is 11.6 Å². The van der Waals surface area contributed by atoms with Gasteiger partial charge in [0.05, 0.1) is 10.2 Å². The van der Waals surface area contributed by atoms with Gasteiger partial charge in [-0.25, -0.2) is 18.7 Å². The molecule has 4 rings (SSSR count). The van der Waals surface area contributed by atoms with Crippen molar-refractivity contribution < 1.29 is 8.78 Å². The third-order valence-corrected chi connectivity index (χ3v) is 5.27. The predicted octanol–water partition coefficient (Wildman–Crippen LogP) is 5.02. The van der Waals surface area contributed by atoms with E-state index in [4.69, 9.17) is 4.98 Å². The summed E-state index contributed by atoms with van der Waals surface area (Å²) in [7, 11) is 0. The van der Waals surface area contributed by atoms with E-state index in [1.165, 1.54) is 18.9 Å². The summed E-state index contributed by atoms with van der Waals surface area (Å²) in [6.07, 6.45) is 4.78. The normalized spacial score (nSPS) is 15.7. The quantitative estimate of drug-likeness (QED) is 0.653. The molecule has 0 saturated carbocycles. The summed E-state index contributed by atoms with van der Waals surface area (Å²) in [5.74, 6) is -0.378. The molecule has 0 aliphatic carbocycles. The summed E-state index contributed by atoms with van der Waals surface area (Å²) in [5, 5.41) is 2.00. The number of hydrogen-bond acceptors (Lipinski definition) is 4. The van der Waals surface area contributed by atoms with Gasteiger partial charge in [-0.3, -0.25) is 0 Å². The molecule has 1 fully saturated rings. The van der Waals surface area contributed by atoms with Gasteiger partial charge in [0.2, 0.25) is 0 Å². The Labute approximate surface area is 143 Å². The van der Waals surface area contributed by atoms with E-state index in [0.29, 0.717) is 11.4 Å². The lowest BCUT2D eigenvalue weighted by Crippen LogP contribution is -2.25. The van der Waals surface area contributed by atoms with Crippen LogP contribution in [0.3, 0.4) is 0 Å². The highest BCUT2D eigenvalue weighted by Gasteiger charge is 2.18. The van der Waals surface area contributed by atoms with Crippen LogP contribution in [-0.4, -0.2) is 23.1 Å². The van der Waals surface area contributed by atoms with Crippen LogP contribution < -0.4 is 4.90 Å². The second kappa shape index (κ2) is 6.43. The Morgan fingerprint density at radius 1 is 0.917 bits per heavy atom. The van der Waals surface area contributed by atoms with E-state index in [2.05, 4.69) is 9.88 Å². The van der Waals surface area contributed by atoms with E-state index in [1.54, 1.807) is 11.3 Å². The Hall–Kier alpha value is -2.08. The number of nitrogens with zero attached hydrogens (tertiary/aromatic N) is 3. The molecule has 0 radical (unpaired) electrons. The van der Waals surface area contributed by atoms with Crippen molar-refractivity contribution in [1.82, 2.24) is 9.97 Å². The highest BCUT2D eigenvalue weighted by molar-refractivity contribution is 7.17. The number of benzene rings is 1. The van der Waals surface area contributed by atoms with Crippen LogP contribution in [0, 0.1) is 11.6 Å². The zero-order valence-corrected chi connectivity index (χ0v) is 14.0. The Balaban J connectivity index is 1.83. The van der Waals surface area contributed by atoms with Crippen molar-refractivity contribution in [3.05, 3.63) is 41.3 Å². The van der Waals surface area contributed by atoms with Crippen molar-refractivity contribution in [1.29, 1.82) is 0 Å². The number of halogens is 2. The van der Waals surface area contributed by atoms with Gasteiger partial charge in [0.15, 0.2) is 23.3 Å². The fraction of sp³-hybridized carbons (Fsp3) is 0.333. The topological polar surface area (TPSA) is 29.0 Å². The number of aromatic nitrogens is 2. The van der Waals surface area contributed by atoms with Gasteiger partial charge in [0.25, 0.3) is 0 Å². The Kier molecular flexibility index (Phi) is 4.14. The summed E-state index contributed by atoms with van der Waals surface area (Å²) < 4.78 is 27.9. The van der Waals surface area contributed by atoms with Crippen LogP contribution in [-0.2, 0) is 0 Å².